The van der Waals surface area contributed by atoms with Gasteiger partial charge in [-0.2, -0.15) is 0 Å². The monoisotopic (exact) mass is 253 g/mol. The van der Waals surface area contributed by atoms with Crippen LogP contribution in [-0.2, 0) is 19.3 Å². The number of hydrogen-bond donors (Lipinski definition) is 1. The van der Waals surface area contributed by atoms with Crippen LogP contribution in [0.2, 0.25) is 0 Å². The fourth-order valence-electron chi connectivity index (χ4n) is 2.68. The molecule has 0 aromatic heterocycles. The average Bonchev–Trinajstić information content (AvgIpc) is 2.87. The molecule has 1 aliphatic rings. The van der Waals surface area contributed by atoms with Crippen molar-refractivity contribution in [1.82, 2.24) is 0 Å². The molecule has 1 aliphatic carbocycles. The highest BCUT2D eigenvalue weighted by Crippen LogP contribution is 2.29. The summed E-state index contributed by atoms with van der Waals surface area (Å²) in [5.74, 6) is 1.83. The van der Waals surface area contributed by atoms with Crippen LogP contribution < -0.4 is 10.5 Å². The molecule has 0 radical (unpaired) electrons. The maximum absolute atomic E-state index is 5.95. The smallest absolute Gasteiger partial charge is 0.127 e. The van der Waals surface area contributed by atoms with E-state index < -0.39 is 0 Å². The molecular formula is C17H19NO. The van der Waals surface area contributed by atoms with Gasteiger partial charge >= 0.3 is 0 Å². The molecule has 19 heavy (non-hydrogen) atoms. The second-order valence-electron chi connectivity index (χ2n) is 5.07. The van der Waals surface area contributed by atoms with E-state index in [-0.39, 0.29) is 0 Å². The third-order valence-corrected chi connectivity index (χ3v) is 3.64. The first kappa shape index (κ1) is 12.2. The van der Waals surface area contributed by atoms with Crippen molar-refractivity contribution in [2.24, 2.45) is 5.73 Å². The predicted molar refractivity (Wildman–Crippen MR) is 77.7 cm³/mol. The van der Waals surface area contributed by atoms with Crippen LogP contribution in [0, 0.1) is 0 Å². The van der Waals surface area contributed by atoms with Crippen LogP contribution in [0.5, 0.6) is 11.5 Å². The summed E-state index contributed by atoms with van der Waals surface area (Å²) in [6.07, 6.45) is 4.55. The first-order valence-electron chi connectivity index (χ1n) is 6.94. The van der Waals surface area contributed by atoms with Gasteiger partial charge in [0.15, 0.2) is 0 Å². The van der Waals surface area contributed by atoms with Crippen molar-refractivity contribution >= 4 is 0 Å². The minimum atomic E-state index is 0.669. The van der Waals surface area contributed by atoms with Gasteiger partial charge in [0.2, 0.25) is 0 Å². The lowest BCUT2D eigenvalue weighted by atomic mass is 10.1. The molecule has 0 bridgehead atoms. The van der Waals surface area contributed by atoms with E-state index in [1.165, 1.54) is 36.0 Å². The molecule has 2 nitrogen and oxygen atoms in total. The molecule has 3 rings (SSSR count). The highest BCUT2D eigenvalue weighted by atomic mass is 16.5. The molecule has 0 spiro atoms. The lowest BCUT2D eigenvalue weighted by Gasteiger charge is -2.09. The SMILES string of the molecule is NCCc1cccc(Oc2ccc3c(c2)CCC3)c1. The number of aryl methyl sites for hydroxylation is 2. The first-order valence-corrected chi connectivity index (χ1v) is 6.94. The Bertz CT molecular complexity index is 577. The maximum Gasteiger partial charge on any atom is 0.127 e. The summed E-state index contributed by atoms with van der Waals surface area (Å²) in [6.45, 7) is 0.669. The second-order valence-corrected chi connectivity index (χ2v) is 5.07. The van der Waals surface area contributed by atoms with E-state index >= 15 is 0 Å². The second kappa shape index (κ2) is 5.45. The Balaban J connectivity index is 1.79. The minimum absolute atomic E-state index is 0.669. The molecule has 0 saturated heterocycles. The fourth-order valence-corrected chi connectivity index (χ4v) is 2.68. The molecule has 0 unspecified atom stereocenters. The maximum atomic E-state index is 5.95. The van der Waals surface area contributed by atoms with Crippen molar-refractivity contribution in [3.8, 4) is 11.5 Å². The van der Waals surface area contributed by atoms with E-state index in [0.717, 1.165) is 17.9 Å². The standard InChI is InChI=1S/C17H19NO/c18-10-9-13-3-1-6-16(11-13)19-17-8-7-14-4-2-5-15(14)12-17/h1,3,6-8,11-12H,2,4-5,9-10,18H2. The molecular weight excluding hydrogens is 234 g/mol. The van der Waals surface area contributed by atoms with Crippen LogP contribution in [0.4, 0.5) is 0 Å². The summed E-state index contributed by atoms with van der Waals surface area (Å²) in [7, 11) is 0. The fraction of sp³-hybridized carbons (Fsp3) is 0.294. The van der Waals surface area contributed by atoms with Crippen LogP contribution in [0.1, 0.15) is 23.1 Å². The van der Waals surface area contributed by atoms with Crippen LogP contribution >= 0.6 is 0 Å². The van der Waals surface area contributed by atoms with Crippen molar-refractivity contribution < 1.29 is 4.74 Å². The molecule has 98 valence electrons. The quantitative estimate of drug-likeness (QED) is 0.905. The summed E-state index contributed by atoms with van der Waals surface area (Å²) in [5.41, 5.74) is 9.72. The normalized spacial score (nSPS) is 13.3. The van der Waals surface area contributed by atoms with Crippen molar-refractivity contribution in [3.63, 3.8) is 0 Å². The highest BCUT2D eigenvalue weighted by molar-refractivity contribution is 5.41. The topological polar surface area (TPSA) is 35.2 Å². The van der Waals surface area contributed by atoms with Gasteiger partial charge in [0.25, 0.3) is 0 Å². The van der Waals surface area contributed by atoms with Crippen LogP contribution in [0.25, 0.3) is 0 Å². The molecule has 2 aromatic rings. The minimum Gasteiger partial charge on any atom is -0.457 e. The number of rotatable bonds is 4. The van der Waals surface area contributed by atoms with E-state index in [0.29, 0.717) is 6.54 Å². The lowest BCUT2D eigenvalue weighted by Crippen LogP contribution is -2.02. The van der Waals surface area contributed by atoms with Gasteiger partial charge in [0.1, 0.15) is 11.5 Å². The Morgan fingerprint density at radius 3 is 2.68 bits per heavy atom. The number of benzene rings is 2. The van der Waals surface area contributed by atoms with E-state index in [1.807, 2.05) is 12.1 Å². The van der Waals surface area contributed by atoms with E-state index in [2.05, 4.69) is 30.3 Å². The van der Waals surface area contributed by atoms with Gasteiger partial charge < -0.3 is 10.5 Å². The van der Waals surface area contributed by atoms with Crippen molar-refractivity contribution in [2.75, 3.05) is 6.54 Å². The Hall–Kier alpha value is -1.80. The Morgan fingerprint density at radius 2 is 1.79 bits per heavy atom. The number of hydrogen-bond acceptors (Lipinski definition) is 2. The zero-order valence-corrected chi connectivity index (χ0v) is 11.1. The largest absolute Gasteiger partial charge is 0.457 e. The zero-order valence-electron chi connectivity index (χ0n) is 11.1. The lowest BCUT2D eigenvalue weighted by molar-refractivity contribution is 0.481. The van der Waals surface area contributed by atoms with Crippen molar-refractivity contribution in [1.29, 1.82) is 0 Å². The van der Waals surface area contributed by atoms with E-state index in [4.69, 9.17) is 10.5 Å². The number of nitrogens with two attached hydrogens (primary N) is 1. The van der Waals surface area contributed by atoms with Gasteiger partial charge in [-0.05, 0) is 73.2 Å². The molecule has 0 fully saturated rings. The van der Waals surface area contributed by atoms with Gasteiger partial charge in [-0.3, -0.25) is 0 Å². The molecule has 0 aliphatic heterocycles. The van der Waals surface area contributed by atoms with Crippen molar-refractivity contribution in [2.45, 2.75) is 25.7 Å². The zero-order chi connectivity index (χ0) is 13.1. The van der Waals surface area contributed by atoms with Crippen molar-refractivity contribution in [3.05, 3.63) is 59.2 Å². The van der Waals surface area contributed by atoms with E-state index in [1.54, 1.807) is 0 Å². The molecule has 0 saturated carbocycles. The summed E-state index contributed by atoms with van der Waals surface area (Å²) in [5, 5.41) is 0. The van der Waals surface area contributed by atoms with Crippen LogP contribution in [0.3, 0.4) is 0 Å². The summed E-state index contributed by atoms with van der Waals surface area (Å²) in [6, 6.07) is 14.6. The predicted octanol–water partition coefficient (Wildman–Crippen LogP) is 3.47. The number of ether oxygens (including phenoxy) is 1. The molecule has 0 amide bonds. The van der Waals surface area contributed by atoms with Gasteiger partial charge in [-0.25, -0.2) is 0 Å². The first-order chi connectivity index (χ1) is 9.35. The third-order valence-electron chi connectivity index (χ3n) is 3.64. The van der Waals surface area contributed by atoms with Gasteiger partial charge in [-0.1, -0.05) is 18.2 Å². The summed E-state index contributed by atoms with van der Waals surface area (Å²) >= 11 is 0. The Morgan fingerprint density at radius 1 is 0.947 bits per heavy atom. The average molecular weight is 253 g/mol. The summed E-state index contributed by atoms with van der Waals surface area (Å²) in [4.78, 5) is 0. The number of fused-ring (bicyclic) bond motifs is 1. The third kappa shape index (κ3) is 2.79. The molecule has 2 aromatic carbocycles. The summed E-state index contributed by atoms with van der Waals surface area (Å²) < 4.78 is 5.95. The van der Waals surface area contributed by atoms with Gasteiger partial charge in [-0.15, -0.1) is 0 Å². The van der Waals surface area contributed by atoms with Crippen LogP contribution in [-0.4, -0.2) is 6.54 Å². The van der Waals surface area contributed by atoms with E-state index in [9.17, 15) is 0 Å². The molecule has 2 heteroatoms. The molecule has 2 N–H and O–H groups in total. The van der Waals surface area contributed by atoms with Gasteiger partial charge in [0, 0.05) is 0 Å². The van der Waals surface area contributed by atoms with Crippen LogP contribution in [0.15, 0.2) is 42.5 Å². The van der Waals surface area contributed by atoms with Gasteiger partial charge in [0.05, 0.1) is 0 Å². The Kier molecular flexibility index (Phi) is 3.51. The molecule has 0 atom stereocenters. The molecule has 0 heterocycles. The highest BCUT2D eigenvalue weighted by Gasteiger charge is 2.11. The Labute approximate surface area is 114 Å².